The molecule has 22 heavy (non-hydrogen) atoms. The molecule has 124 valence electrons. The van der Waals surface area contributed by atoms with Crippen LogP contribution in [0.25, 0.3) is 0 Å². The lowest BCUT2D eigenvalue weighted by Gasteiger charge is -2.32. The molecule has 0 aliphatic heterocycles. The SMILES string of the molecule is COC(=O)C1CC2C(Br)=C(OCCNC(C)O)C=CC2(C)C1. The molecule has 4 atom stereocenters. The van der Waals surface area contributed by atoms with Gasteiger partial charge in [0.1, 0.15) is 18.6 Å². The van der Waals surface area contributed by atoms with Crippen LogP contribution in [0.2, 0.25) is 0 Å². The van der Waals surface area contributed by atoms with Crippen LogP contribution >= 0.6 is 15.9 Å². The van der Waals surface area contributed by atoms with Crippen LogP contribution in [0.3, 0.4) is 0 Å². The third kappa shape index (κ3) is 3.73. The summed E-state index contributed by atoms with van der Waals surface area (Å²) in [5.74, 6) is 0.850. The second-order valence-electron chi connectivity index (χ2n) is 6.24. The first-order chi connectivity index (χ1) is 10.4. The molecule has 0 heterocycles. The van der Waals surface area contributed by atoms with E-state index >= 15 is 0 Å². The number of carbonyl (C=O) groups excluding carboxylic acids is 1. The molecule has 0 saturated heterocycles. The Labute approximate surface area is 139 Å². The van der Waals surface area contributed by atoms with Crippen molar-refractivity contribution in [1.29, 1.82) is 0 Å². The zero-order chi connectivity index (χ0) is 16.3. The van der Waals surface area contributed by atoms with Crippen molar-refractivity contribution in [1.82, 2.24) is 5.32 Å². The number of methoxy groups -OCH3 is 1. The zero-order valence-electron chi connectivity index (χ0n) is 13.3. The summed E-state index contributed by atoms with van der Waals surface area (Å²) in [5.41, 5.74) is -0.0393. The molecule has 0 radical (unpaired) electrons. The number of allylic oxidation sites excluding steroid dienone is 3. The lowest BCUT2D eigenvalue weighted by Crippen LogP contribution is -2.29. The summed E-state index contributed by atoms with van der Waals surface area (Å²) in [6.45, 7) is 4.89. The third-order valence-corrected chi connectivity index (χ3v) is 5.44. The van der Waals surface area contributed by atoms with Gasteiger partial charge in [-0.05, 0) is 31.3 Å². The minimum absolute atomic E-state index is 0.0393. The first-order valence-corrected chi connectivity index (χ1v) is 8.37. The number of aliphatic hydroxyl groups is 1. The summed E-state index contributed by atoms with van der Waals surface area (Å²) in [4.78, 5) is 11.8. The number of nitrogens with one attached hydrogen (secondary N) is 1. The second kappa shape index (κ2) is 7.15. The van der Waals surface area contributed by atoms with Crippen LogP contribution in [0.5, 0.6) is 0 Å². The molecule has 2 rings (SSSR count). The van der Waals surface area contributed by atoms with Gasteiger partial charge in [0.15, 0.2) is 0 Å². The van der Waals surface area contributed by atoms with Crippen molar-refractivity contribution in [2.45, 2.75) is 32.9 Å². The van der Waals surface area contributed by atoms with Crippen LogP contribution in [0, 0.1) is 17.3 Å². The van der Waals surface area contributed by atoms with E-state index in [0.717, 1.165) is 23.1 Å². The van der Waals surface area contributed by atoms with Crippen molar-refractivity contribution >= 4 is 21.9 Å². The van der Waals surface area contributed by atoms with Crippen LogP contribution in [0.4, 0.5) is 0 Å². The molecule has 5 nitrogen and oxygen atoms in total. The molecule has 0 aromatic carbocycles. The highest BCUT2D eigenvalue weighted by molar-refractivity contribution is 9.11. The van der Waals surface area contributed by atoms with Gasteiger partial charge in [-0.2, -0.15) is 0 Å². The molecule has 2 aliphatic carbocycles. The summed E-state index contributed by atoms with van der Waals surface area (Å²) in [7, 11) is 1.44. The van der Waals surface area contributed by atoms with Gasteiger partial charge in [0.2, 0.25) is 0 Å². The Morgan fingerprint density at radius 2 is 2.36 bits per heavy atom. The number of hydrogen-bond acceptors (Lipinski definition) is 5. The maximum absolute atomic E-state index is 11.8. The van der Waals surface area contributed by atoms with Crippen molar-refractivity contribution in [3.63, 3.8) is 0 Å². The van der Waals surface area contributed by atoms with Gasteiger partial charge < -0.3 is 14.6 Å². The summed E-state index contributed by atoms with van der Waals surface area (Å²) in [6, 6.07) is 0. The van der Waals surface area contributed by atoms with Crippen LogP contribution < -0.4 is 5.32 Å². The molecular weight excluding hydrogens is 350 g/mol. The van der Waals surface area contributed by atoms with E-state index in [-0.39, 0.29) is 23.2 Å². The van der Waals surface area contributed by atoms with Crippen molar-refractivity contribution in [2.24, 2.45) is 17.3 Å². The fourth-order valence-electron chi connectivity index (χ4n) is 3.30. The van der Waals surface area contributed by atoms with Gasteiger partial charge in [0.05, 0.1) is 13.0 Å². The average molecular weight is 374 g/mol. The van der Waals surface area contributed by atoms with E-state index in [4.69, 9.17) is 14.6 Å². The molecule has 1 saturated carbocycles. The Hall–Kier alpha value is -0.850. The van der Waals surface area contributed by atoms with E-state index in [1.54, 1.807) is 6.92 Å². The van der Waals surface area contributed by atoms with Crippen molar-refractivity contribution < 1.29 is 19.4 Å². The highest BCUT2D eigenvalue weighted by Crippen LogP contribution is 2.55. The van der Waals surface area contributed by atoms with Crippen LogP contribution in [-0.2, 0) is 14.3 Å². The number of carbonyl (C=O) groups is 1. The molecule has 0 amide bonds. The number of esters is 1. The van der Waals surface area contributed by atoms with E-state index in [0.29, 0.717) is 13.2 Å². The number of fused-ring (bicyclic) bond motifs is 1. The van der Waals surface area contributed by atoms with Crippen LogP contribution in [0.1, 0.15) is 26.7 Å². The van der Waals surface area contributed by atoms with E-state index < -0.39 is 6.23 Å². The summed E-state index contributed by atoms with van der Waals surface area (Å²) >= 11 is 3.66. The Bertz CT molecular complexity index is 489. The van der Waals surface area contributed by atoms with E-state index in [9.17, 15) is 4.79 Å². The summed E-state index contributed by atoms with van der Waals surface area (Å²) in [5, 5.41) is 12.0. The van der Waals surface area contributed by atoms with E-state index in [1.807, 2.05) is 6.08 Å². The highest BCUT2D eigenvalue weighted by Gasteiger charge is 2.48. The molecule has 0 aromatic heterocycles. The number of ether oxygens (including phenoxy) is 2. The number of halogens is 1. The number of aliphatic hydroxyl groups excluding tert-OH is 1. The number of hydrogen-bond donors (Lipinski definition) is 2. The molecule has 6 heteroatoms. The van der Waals surface area contributed by atoms with Gasteiger partial charge >= 0.3 is 5.97 Å². The van der Waals surface area contributed by atoms with Crippen molar-refractivity contribution in [2.75, 3.05) is 20.3 Å². The largest absolute Gasteiger partial charge is 0.491 e. The van der Waals surface area contributed by atoms with Gasteiger partial charge in [-0.25, -0.2) is 0 Å². The van der Waals surface area contributed by atoms with Gasteiger partial charge in [0, 0.05) is 16.9 Å². The molecule has 0 aromatic rings. The maximum atomic E-state index is 11.8. The Morgan fingerprint density at radius 1 is 1.64 bits per heavy atom. The molecule has 1 fully saturated rings. The van der Waals surface area contributed by atoms with Gasteiger partial charge in [-0.3, -0.25) is 10.1 Å². The molecule has 0 bridgehead atoms. The first kappa shape index (κ1) is 17.5. The van der Waals surface area contributed by atoms with Crippen molar-refractivity contribution in [3.05, 3.63) is 22.4 Å². The Kier molecular flexibility index (Phi) is 5.69. The smallest absolute Gasteiger partial charge is 0.308 e. The normalized spacial score (nSPS) is 31.9. The fourth-order valence-corrected chi connectivity index (χ4v) is 4.25. The molecule has 0 spiro atoms. The molecular formula is C16H24BrNO4. The monoisotopic (exact) mass is 373 g/mol. The number of rotatable bonds is 6. The minimum atomic E-state index is -0.540. The predicted molar refractivity (Wildman–Crippen MR) is 87.1 cm³/mol. The highest BCUT2D eigenvalue weighted by atomic mass is 79.9. The van der Waals surface area contributed by atoms with Gasteiger partial charge in [-0.15, -0.1) is 0 Å². The van der Waals surface area contributed by atoms with Gasteiger partial charge in [0.25, 0.3) is 0 Å². The molecule has 4 unspecified atom stereocenters. The second-order valence-corrected chi connectivity index (χ2v) is 7.10. The summed E-state index contributed by atoms with van der Waals surface area (Å²) < 4.78 is 11.7. The lowest BCUT2D eigenvalue weighted by molar-refractivity contribution is -0.145. The fraction of sp³-hybridized carbons (Fsp3) is 0.688. The predicted octanol–water partition coefficient (Wildman–Crippen LogP) is 2.31. The van der Waals surface area contributed by atoms with Crippen LogP contribution in [-0.4, -0.2) is 37.6 Å². The zero-order valence-corrected chi connectivity index (χ0v) is 14.9. The minimum Gasteiger partial charge on any atom is -0.491 e. The van der Waals surface area contributed by atoms with Gasteiger partial charge in [-0.1, -0.05) is 28.9 Å². The topological polar surface area (TPSA) is 67.8 Å². The van der Waals surface area contributed by atoms with E-state index in [1.165, 1.54) is 7.11 Å². The molecule has 2 aliphatic rings. The molecule has 2 N–H and O–H groups in total. The Balaban J connectivity index is 2.01. The lowest BCUT2D eigenvalue weighted by atomic mass is 9.76. The third-order valence-electron chi connectivity index (χ3n) is 4.49. The average Bonchev–Trinajstić information content (AvgIpc) is 2.83. The summed E-state index contributed by atoms with van der Waals surface area (Å²) in [6.07, 6.45) is 5.15. The maximum Gasteiger partial charge on any atom is 0.308 e. The quantitative estimate of drug-likeness (QED) is 0.424. The standard InChI is InChI=1S/C16H24BrNO4/c1-10(19)18-6-7-22-13-4-5-16(2)9-11(15(20)21-3)8-12(16)14(13)17/h4-5,10-12,18-19H,6-9H2,1-3H3. The Morgan fingerprint density at radius 3 is 3.00 bits per heavy atom. The first-order valence-electron chi connectivity index (χ1n) is 7.58. The van der Waals surface area contributed by atoms with E-state index in [2.05, 4.69) is 34.2 Å². The van der Waals surface area contributed by atoms with Crippen LogP contribution in [0.15, 0.2) is 22.4 Å². The van der Waals surface area contributed by atoms with Crippen molar-refractivity contribution in [3.8, 4) is 0 Å².